The molecule has 7 nitrogen and oxygen atoms in total. The number of likely N-dealkylation sites (tertiary alicyclic amines) is 1. The molecule has 8 heteroatoms. The third kappa shape index (κ3) is 5.00. The number of hydrogen-bond acceptors (Lipinski definition) is 7. The van der Waals surface area contributed by atoms with E-state index in [-0.39, 0.29) is 11.9 Å². The van der Waals surface area contributed by atoms with Gasteiger partial charge in [-0.2, -0.15) is 0 Å². The molecule has 0 radical (unpaired) electrons. The molecule has 30 heavy (non-hydrogen) atoms. The fourth-order valence-corrected chi connectivity index (χ4v) is 5.32. The first kappa shape index (κ1) is 23.5. The molecule has 0 aliphatic carbocycles. The summed E-state index contributed by atoms with van der Waals surface area (Å²) in [5, 5.41) is 34.3. The van der Waals surface area contributed by atoms with Gasteiger partial charge in [-0.3, -0.25) is 9.69 Å². The van der Waals surface area contributed by atoms with Crippen molar-refractivity contribution < 1.29 is 24.9 Å². The maximum atomic E-state index is 13.2. The van der Waals surface area contributed by atoms with Crippen LogP contribution >= 0.6 is 11.8 Å². The number of hydrogen-bond donors (Lipinski definition) is 4. The van der Waals surface area contributed by atoms with Crippen molar-refractivity contribution in [2.24, 2.45) is 5.92 Å². The first-order chi connectivity index (χ1) is 14.4. The maximum absolute atomic E-state index is 13.2. The predicted molar refractivity (Wildman–Crippen MR) is 117 cm³/mol. The van der Waals surface area contributed by atoms with Crippen molar-refractivity contribution in [1.29, 1.82) is 0 Å². The number of carbonyl (C=O) groups excluding carboxylic acids is 1. The van der Waals surface area contributed by atoms with E-state index in [0.717, 1.165) is 31.4 Å². The molecule has 3 rings (SSSR count). The van der Waals surface area contributed by atoms with Gasteiger partial charge in [0.05, 0.1) is 12.1 Å². The van der Waals surface area contributed by atoms with Crippen LogP contribution in [0.2, 0.25) is 0 Å². The molecule has 1 aromatic carbocycles. The van der Waals surface area contributed by atoms with E-state index in [1.807, 2.05) is 37.4 Å². The molecule has 1 amide bonds. The largest absolute Gasteiger partial charge is 0.387 e. The number of carbonyl (C=O) groups is 1. The predicted octanol–water partition coefficient (Wildman–Crippen LogP) is 1.13. The molecule has 2 heterocycles. The SMILES string of the molecule is CCCC1CC(C(=O)NC(c2ccccc2)C2OC(SC)C(O)C(O)C2O)N(C)C1. The molecule has 0 saturated carbocycles. The van der Waals surface area contributed by atoms with Crippen molar-refractivity contribution in [2.75, 3.05) is 19.8 Å². The van der Waals surface area contributed by atoms with Crippen LogP contribution in [0.25, 0.3) is 0 Å². The van der Waals surface area contributed by atoms with Crippen LogP contribution in [-0.2, 0) is 9.53 Å². The minimum absolute atomic E-state index is 0.109. The molecule has 4 N–H and O–H groups in total. The molecular weight excluding hydrogens is 404 g/mol. The van der Waals surface area contributed by atoms with Gasteiger partial charge in [0.25, 0.3) is 0 Å². The average Bonchev–Trinajstić information content (AvgIpc) is 3.12. The highest BCUT2D eigenvalue weighted by molar-refractivity contribution is 7.99. The van der Waals surface area contributed by atoms with Crippen molar-refractivity contribution in [3.63, 3.8) is 0 Å². The van der Waals surface area contributed by atoms with Crippen molar-refractivity contribution in [3.8, 4) is 0 Å². The molecule has 0 spiro atoms. The van der Waals surface area contributed by atoms with Crippen LogP contribution in [0.1, 0.15) is 37.8 Å². The lowest BCUT2D eigenvalue weighted by atomic mass is 9.90. The van der Waals surface area contributed by atoms with Gasteiger partial charge in [0.2, 0.25) is 5.91 Å². The molecule has 168 valence electrons. The van der Waals surface area contributed by atoms with E-state index in [9.17, 15) is 20.1 Å². The first-order valence-electron chi connectivity index (χ1n) is 10.6. The molecule has 0 aromatic heterocycles. The Morgan fingerprint density at radius 2 is 1.93 bits per heavy atom. The second-order valence-electron chi connectivity index (χ2n) is 8.42. The van der Waals surface area contributed by atoms with Gasteiger partial charge >= 0.3 is 0 Å². The first-order valence-corrected chi connectivity index (χ1v) is 11.9. The quantitative estimate of drug-likeness (QED) is 0.506. The molecule has 0 bridgehead atoms. The average molecular weight is 439 g/mol. The molecule has 8 unspecified atom stereocenters. The lowest BCUT2D eigenvalue weighted by molar-refractivity contribution is -0.206. The lowest BCUT2D eigenvalue weighted by Crippen LogP contribution is -2.60. The van der Waals surface area contributed by atoms with E-state index in [2.05, 4.69) is 17.1 Å². The number of aliphatic hydroxyl groups is 3. The summed E-state index contributed by atoms with van der Waals surface area (Å²) in [6, 6.07) is 8.45. The molecular formula is C22H34N2O5S. The Hall–Kier alpha value is -1.16. The number of likely N-dealkylation sites (N-methyl/N-ethyl adjacent to an activating group) is 1. The van der Waals surface area contributed by atoms with Gasteiger partial charge in [-0.05, 0) is 37.6 Å². The third-order valence-corrected chi connectivity index (χ3v) is 7.11. The Bertz CT molecular complexity index is 691. The van der Waals surface area contributed by atoms with E-state index < -0.39 is 35.9 Å². The zero-order valence-electron chi connectivity index (χ0n) is 17.8. The fraction of sp³-hybridized carbons (Fsp3) is 0.682. The maximum Gasteiger partial charge on any atom is 0.237 e. The Kier molecular flexibility index (Phi) is 8.17. The molecule has 2 saturated heterocycles. The number of benzene rings is 1. The number of nitrogens with zero attached hydrogens (tertiary/aromatic N) is 1. The summed E-state index contributed by atoms with van der Waals surface area (Å²) in [7, 11) is 1.97. The van der Waals surface area contributed by atoms with Crippen LogP contribution in [0.4, 0.5) is 0 Å². The minimum Gasteiger partial charge on any atom is -0.387 e. The third-order valence-electron chi connectivity index (χ3n) is 6.26. The highest BCUT2D eigenvalue weighted by atomic mass is 32.2. The van der Waals surface area contributed by atoms with Crippen LogP contribution in [0.5, 0.6) is 0 Å². The highest BCUT2D eigenvalue weighted by Crippen LogP contribution is 2.34. The Morgan fingerprint density at radius 1 is 1.23 bits per heavy atom. The van der Waals surface area contributed by atoms with Crippen LogP contribution in [0, 0.1) is 5.92 Å². The topological polar surface area (TPSA) is 102 Å². The van der Waals surface area contributed by atoms with Crippen molar-refractivity contribution in [2.45, 2.75) is 68.1 Å². The Balaban J connectivity index is 1.82. The zero-order valence-corrected chi connectivity index (χ0v) is 18.7. The second-order valence-corrected chi connectivity index (χ2v) is 9.36. The van der Waals surface area contributed by atoms with E-state index in [1.54, 1.807) is 6.26 Å². The van der Waals surface area contributed by atoms with Crippen LogP contribution in [0.15, 0.2) is 30.3 Å². The molecule has 2 fully saturated rings. The van der Waals surface area contributed by atoms with Crippen molar-refractivity contribution >= 4 is 17.7 Å². The number of ether oxygens (including phenoxy) is 1. The summed E-state index contributed by atoms with van der Waals surface area (Å²) >= 11 is 1.26. The number of amides is 1. The Labute approximate surface area is 182 Å². The normalized spacial score (nSPS) is 35.9. The lowest BCUT2D eigenvalue weighted by Gasteiger charge is -2.43. The molecule has 8 atom stereocenters. The monoisotopic (exact) mass is 438 g/mol. The summed E-state index contributed by atoms with van der Waals surface area (Å²) in [6.45, 7) is 3.05. The van der Waals surface area contributed by atoms with Gasteiger partial charge in [-0.15, -0.1) is 11.8 Å². The highest BCUT2D eigenvalue weighted by Gasteiger charge is 2.47. The molecule has 2 aliphatic heterocycles. The van der Waals surface area contributed by atoms with Crippen molar-refractivity contribution in [1.82, 2.24) is 10.2 Å². The smallest absolute Gasteiger partial charge is 0.237 e. The summed E-state index contributed by atoms with van der Waals surface area (Å²) in [5.74, 6) is 0.391. The van der Waals surface area contributed by atoms with Gasteiger partial charge < -0.3 is 25.4 Å². The summed E-state index contributed by atoms with van der Waals surface area (Å²) < 4.78 is 5.97. The van der Waals surface area contributed by atoms with Crippen LogP contribution in [0.3, 0.4) is 0 Å². The zero-order chi connectivity index (χ0) is 21.8. The second kappa shape index (κ2) is 10.4. The Morgan fingerprint density at radius 3 is 2.57 bits per heavy atom. The van der Waals surface area contributed by atoms with Gasteiger partial charge in [-0.25, -0.2) is 0 Å². The van der Waals surface area contributed by atoms with Crippen molar-refractivity contribution in [3.05, 3.63) is 35.9 Å². The fourth-order valence-electron chi connectivity index (χ4n) is 4.64. The van der Waals surface area contributed by atoms with E-state index >= 15 is 0 Å². The van der Waals surface area contributed by atoms with Crippen LogP contribution in [-0.4, -0.2) is 81.9 Å². The van der Waals surface area contributed by atoms with Gasteiger partial charge in [0, 0.05) is 6.54 Å². The number of rotatable bonds is 7. The summed E-state index contributed by atoms with van der Waals surface area (Å²) in [4.78, 5) is 15.3. The summed E-state index contributed by atoms with van der Waals surface area (Å²) in [6.07, 6.45) is 0.000694. The minimum atomic E-state index is -1.35. The summed E-state index contributed by atoms with van der Waals surface area (Å²) in [5.41, 5.74) is 0.0868. The van der Waals surface area contributed by atoms with Crippen LogP contribution < -0.4 is 5.32 Å². The molecule has 2 aliphatic rings. The number of aliphatic hydroxyl groups excluding tert-OH is 3. The van der Waals surface area contributed by atoms with Gasteiger partial charge in [0.15, 0.2) is 0 Å². The van der Waals surface area contributed by atoms with E-state index in [4.69, 9.17) is 4.74 Å². The van der Waals surface area contributed by atoms with E-state index in [1.165, 1.54) is 11.8 Å². The number of nitrogens with one attached hydrogen (secondary N) is 1. The number of thioether (sulfide) groups is 1. The van der Waals surface area contributed by atoms with Gasteiger partial charge in [0.1, 0.15) is 29.9 Å². The standard InChI is InChI=1S/C22H34N2O5S/c1-4-8-13-11-15(24(2)12-13)21(28)23-16(14-9-6-5-7-10-14)20-18(26)17(25)19(27)22(29-20)30-3/h5-7,9-10,13,15-20,22,25-27H,4,8,11-12H2,1-3H3,(H,23,28). The molecule has 1 aromatic rings. The van der Waals surface area contributed by atoms with E-state index in [0.29, 0.717) is 5.92 Å². The van der Waals surface area contributed by atoms with Gasteiger partial charge in [-0.1, -0.05) is 43.7 Å².